The first-order valence-corrected chi connectivity index (χ1v) is 8.07. The van der Waals surface area contributed by atoms with Gasteiger partial charge in [-0.1, -0.05) is 48.0 Å². The van der Waals surface area contributed by atoms with Crippen LogP contribution in [0.25, 0.3) is 0 Å². The Labute approximate surface area is 139 Å². The van der Waals surface area contributed by atoms with Crippen molar-refractivity contribution < 1.29 is 0 Å². The van der Waals surface area contributed by atoms with Crippen LogP contribution in [0, 0.1) is 6.92 Å². The number of guanidine groups is 1. The highest BCUT2D eigenvalue weighted by molar-refractivity contribution is 5.79. The summed E-state index contributed by atoms with van der Waals surface area (Å²) in [6, 6.07) is 18.8. The van der Waals surface area contributed by atoms with Crippen molar-refractivity contribution in [2.45, 2.75) is 19.9 Å². The summed E-state index contributed by atoms with van der Waals surface area (Å²) in [6.45, 7) is 4.70. The highest BCUT2D eigenvalue weighted by Crippen LogP contribution is 2.04. The van der Waals surface area contributed by atoms with Gasteiger partial charge in [0.05, 0.1) is 0 Å². The number of aliphatic imine (C=N–C) groups is 1. The number of para-hydroxylation sites is 1. The number of hydrogen-bond acceptors (Lipinski definition) is 2. The summed E-state index contributed by atoms with van der Waals surface area (Å²) in [5.74, 6) is 0.838. The van der Waals surface area contributed by atoms with E-state index in [0.717, 1.165) is 37.7 Å². The third kappa shape index (κ3) is 6.43. The van der Waals surface area contributed by atoms with E-state index in [0.29, 0.717) is 0 Å². The fourth-order valence-corrected chi connectivity index (χ4v) is 2.20. The van der Waals surface area contributed by atoms with E-state index in [2.05, 4.69) is 64.3 Å². The number of rotatable bonds is 7. The van der Waals surface area contributed by atoms with Crippen molar-refractivity contribution in [2.24, 2.45) is 4.99 Å². The Morgan fingerprint density at radius 1 is 0.913 bits per heavy atom. The first-order valence-electron chi connectivity index (χ1n) is 8.07. The molecule has 0 saturated carbocycles. The van der Waals surface area contributed by atoms with E-state index >= 15 is 0 Å². The lowest BCUT2D eigenvalue weighted by molar-refractivity contribution is 0.762. The lowest BCUT2D eigenvalue weighted by Gasteiger charge is -2.12. The molecule has 23 heavy (non-hydrogen) atoms. The Balaban J connectivity index is 1.62. The molecule has 0 fully saturated rings. The highest BCUT2D eigenvalue weighted by atomic mass is 15.2. The molecule has 4 nitrogen and oxygen atoms in total. The minimum absolute atomic E-state index is 0.780. The average molecular weight is 310 g/mol. The van der Waals surface area contributed by atoms with Gasteiger partial charge in [0.25, 0.3) is 0 Å². The number of nitrogens with one attached hydrogen (secondary N) is 3. The Kier molecular flexibility index (Phi) is 6.98. The van der Waals surface area contributed by atoms with Crippen molar-refractivity contribution in [3.8, 4) is 0 Å². The summed E-state index contributed by atoms with van der Waals surface area (Å²) in [5, 5.41) is 10.1. The predicted octanol–water partition coefficient (Wildman–Crippen LogP) is 3.16. The Bertz CT molecular complexity index is 591. The van der Waals surface area contributed by atoms with Crippen LogP contribution < -0.4 is 16.0 Å². The quantitative estimate of drug-likeness (QED) is 0.418. The molecule has 0 aromatic heterocycles. The molecule has 0 aliphatic heterocycles. The zero-order valence-corrected chi connectivity index (χ0v) is 14.0. The van der Waals surface area contributed by atoms with E-state index in [1.165, 1.54) is 11.1 Å². The summed E-state index contributed by atoms with van der Waals surface area (Å²) < 4.78 is 0. The van der Waals surface area contributed by atoms with E-state index in [1.54, 1.807) is 7.05 Å². The molecule has 0 unspecified atom stereocenters. The topological polar surface area (TPSA) is 48.5 Å². The van der Waals surface area contributed by atoms with Gasteiger partial charge in [0, 0.05) is 32.4 Å². The van der Waals surface area contributed by atoms with E-state index in [9.17, 15) is 0 Å². The van der Waals surface area contributed by atoms with E-state index in [1.807, 2.05) is 18.2 Å². The van der Waals surface area contributed by atoms with Gasteiger partial charge in [0.15, 0.2) is 5.96 Å². The average Bonchev–Trinajstić information content (AvgIpc) is 2.59. The third-order valence-electron chi connectivity index (χ3n) is 3.55. The zero-order chi connectivity index (χ0) is 16.3. The maximum absolute atomic E-state index is 4.25. The Morgan fingerprint density at radius 2 is 1.65 bits per heavy atom. The second-order valence-corrected chi connectivity index (χ2v) is 5.48. The maximum atomic E-state index is 4.25. The zero-order valence-electron chi connectivity index (χ0n) is 14.0. The summed E-state index contributed by atoms with van der Waals surface area (Å²) >= 11 is 0. The molecule has 4 heteroatoms. The number of aryl methyl sites for hydroxylation is 1. The van der Waals surface area contributed by atoms with Crippen LogP contribution in [0.4, 0.5) is 5.69 Å². The van der Waals surface area contributed by atoms with Gasteiger partial charge >= 0.3 is 0 Å². The molecular formula is C19H26N4. The molecule has 0 spiro atoms. The van der Waals surface area contributed by atoms with Crippen molar-refractivity contribution in [1.82, 2.24) is 10.6 Å². The van der Waals surface area contributed by atoms with E-state index in [-0.39, 0.29) is 0 Å². The summed E-state index contributed by atoms with van der Waals surface area (Å²) in [6.07, 6.45) is 1.03. The van der Waals surface area contributed by atoms with Gasteiger partial charge in [0.2, 0.25) is 0 Å². The van der Waals surface area contributed by atoms with Crippen LogP contribution in [-0.4, -0.2) is 26.1 Å². The van der Waals surface area contributed by atoms with Gasteiger partial charge in [-0.15, -0.1) is 0 Å². The number of hydrogen-bond donors (Lipinski definition) is 3. The fraction of sp³-hybridized carbons (Fsp3) is 0.316. The summed E-state index contributed by atoms with van der Waals surface area (Å²) in [4.78, 5) is 4.25. The lowest BCUT2D eigenvalue weighted by atomic mass is 10.1. The highest BCUT2D eigenvalue weighted by Gasteiger charge is 1.98. The second kappa shape index (κ2) is 9.51. The van der Waals surface area contributed by atoms with Gasteiger partial charge in [-0.25, -0.2) is 0 Å². The minimum Gasteiger partial charge on any atom is -0.385 e. The fourth-order valence-electron chi connectivity index (χ4n) is 2.20. The van der Waals surface area contributed by atoms with Crippen LogP contribution in [0.2, 0.25) is 0 Å². The Morgan fingerprint density at radius 3 is 2.35 bits per heavy atom. The predicted molar refractivity (Wildman–Crippen MR) is 98.9 cm³/mol. The summed E-state index contributed by atoms with van der Waals surface area (Å²) in [7, 11) is 1.80. The van der Waals surface area contributed by atoms with E-state index in [4.69, 9.17) is 0 Å². The molecule has 0 radical (unpaired) electrons. The van der Waals surface area contributed by atoms with Gasteiger partial charge in [0.1, 0.15) is 0 Å². The Hall–Kier alpha value is -2.49. The van der Waals surface area contributed by atoms with Crippen LogP contribution in [-0.2, 0) is 6.54 Å². The van der Waals surface area contributed by atoms with Crippen LogP contribution >= 0.6 is 0 Å². The van der Waals surface area contributed by atoms with Crippen molar-refractivity contribution in [3.63, 3.8) is 0 Å². The molecule has 3 N–H and O–H groups in total. The first-order chi connectivity index (χ1) is 11.3. The smallest absolute Gasteiger partial charge is 0.191 e. The lowest BCUT2D eigenvalue weighted by Crippen LogP contribution is -2.37. The third-order valence-corrected chi connectivity index (χ3v) is 3.55. The molecule has 0 saturated heterocycles. The van der Waals surface area contributed by atoms with Gasteiger partial charge in [-0.05, 0) is 31.0 Å². The normalized spacial score (nSPS) is 11.1. The molecule has 2 aromatic rings. The number of benzene rings is 2. The molecule has 0 bridgehead atoms. The molecule has 0 aliphatic carbocycles. The standard InChI is InChI=1S/C19H26N4/c1-16-9-11-17(12-10-16)15-23-19(20-2)22-14-6-13-21-18-7-4-3-5-8-18/h3-5,7-12,21H,6,13-15H2,1-2H3,(H2,20,22,23). The monoisotopic (exact) mass is 310 g/mol. The van der Waals surface area contributed by atoms with Crippen molar-refractivity contribution in [3.05, 3.63) is 65.7 Å². The van der Waals surface area contributed by atoms with Crippen molar-refractivity contribution >= 4 is 11.6 Å². The van der Waals surface area contributed by atoms with Gasteiger partial charge in [-0.2, -0.15) is 0 Å². The molecule has 0 heterocycles. The molecular weight excluding hydrogens is 284 g/mol. The largest absolute Gasteiger partial charge is 0.385 e. The molecule has 0 amide bonds. The molecule has 0 aliphatic rings. The molecule has 2 aromatic carbocycles. The van der Waals surface area contributed by atoms with Crippen molar-refractivity contribution in [2.75, 3.05) is 25.5 Å². The molecule has 122 valence electrons. The SMILES string of the molecule is CN=C(NCCCNc1ccccc1)NCc1ccc(C)cc1. The van der Waals surface area contributed by atoms with E-state index < -0.39 is 0 Å². The first kappa shape index (κ1) is 16.9. The summed E-state index contributed by atoms with van der Waals surface area (Å²) in [5.41, 5.74) is 3.70. The van der Waals surface area contributed by atoms with Crippen LogP contribution in [0.5, 0.6) is 0 Å². The van der Waals surface area contributed by atoms with Crippen LogP contribution in [0.3, 0.4) is 0 Å². The maximum Gasteiger partial charge on any atom is 0.191 e. The van der Waals surface area contributed by atoms with Gasteiger partial charge in [-0.3, -0.25) is 4.99 Å². The van der Waals surface area contributed by atoms with Crippen LogP contribution in [0.1, 0.15) is 17.5 Å². The van der Waals surface area contributed by atoms with Gasteiger partial charge < -0.3 is 16.0 Å². The number of anilines is 1. The minimum atomic E-state index is 0.780. The molecule has 0 atom stereocenters. The number of nitrogens with zero attached hydrogens (tertiary/aromatic N) is 1. The van der Waals surface area contributed by atoms with Crippen LogP contribution in [0.15, 0.2) is 59.6 Å². The van der Waals surface area contributed by atoms with Crippen molar-refractivity contribution in [1.29, 1.82) is 0 Å². The second-order valence-electron chi connectivity index (χ2n) is 5.48. The molecule has 2 rings (SSSR count).